The summed E-state index contributed by atoms with van der Waals surface area (Å²) in [6, 6.07) is 16.8. The lowest BCUT2D eigenvalue weighted by Gasteiger charge is -2.16. The van der Waals surface area contributed by atoms with Gasteiger partial charge in [0.25, 0.3) is 5.91 Å². The van der Waals surface area contributed by atoms with Gasteiger partial charge in [-0.2, -0.15) is 0 Å². The molecule has 1 N–H and O–H groups in total. The highest BCUT2D eigenvalue weighted by atomic mass is 19.1. The fourth-order valence-corrected chi connectivity index (χ4v) is 4.01. The summed E-state index contributed by atoms with van der Waals surface area (Å²) >= 11 is 0. The third kappa shape index (κ3) is 6.40. The van der Waals surface area contributed by atoms with E-state index >= 15 is 0 Å². The number of urea groups is 1. The Balaban J connectivity index is 1.40. The first-order valence-electron chi connectivity index (χ1n) is 12.5. The minimum atomic E-state index is -0.884. The van der Waals surface area contributed by atoms with E-state index in [1.165, 1.54) is 37.4 Å². The van der Waals surface area contributed by atoms with E-state index in [0.717, 1.165) is 21.8 Å². The lowest BCUT2D eigenvalue weighted by atomic mass is 10.1. The Morgan fingerprint density at radius 2 is 1.49 bits per heavy atom. The average Bonchev–Trinajstić information content (AvgIpc) is 3.15. The zero-order valence-corrected chi connectivity index (χ0v) is 21.6. The topological polar surface area (TPSA) is 105 Å². The number of ether oxygens (including phenoxy) is 2. The highest BCUT2D eigenvalue weighted by Crippen LogP contribution is 2.24. The molecule has 1 saturated heterocycles. The molecule has 202 valence electrons. The molecule has 3 aromatic carbocycles. The van der Waals surface area contributed by atoms with Crippen molar-refractivity contribution in [3.8, 4) is 17.2 Å². The number of methoxy groups -OCH3 is 1. The molecule has 9 nitrogen and oxygen atoms in total. The van der Waals surface area contributed by atoms with Gasteiger partial charge in [-0.05, 0) is 66.1 Å². The minimum Gasteiger partial charge on any atom is -0.496 e. The van der Waals surface area contributed by atoms with Crippen molar-refractivity contribution in [3.05, 3.63) is 89.2 Å². The van der Waals surface area contributed by atoms with Crippen molar-refractivity contribution in [1.82, 2.24) is 15.1 Å². The first-order chi connectivity index (χ1) is 18.8. The smallest absolute Gasteiger partial charge is 0.334 e. The third-order valence-electron chi connectivity index (χ3n) is 6.15. The number of unbranched alkanes of at least 4 members (excludes halogenated alkanes) is 1. The van der Waals surface area contributed by atoms with Gasteiger partial charge >= 0.3 is 17.8 Å². The molecule has 3 aromatic rings. The Labute approximate surface area is 225 Å². The van der Waals surface area contributed by atoms with Gasteiger partial charge in [-0.1, -0.05) is 31.5 Å². The SMILES string of the molecule is CCCCN1C(=O)C(=O)N(Cc2ccc(OC)c(C(=O)NCc3ccc(Oc4ccc(F)cc4)cc3)c2)C1=O. The maximum Gasteiger partial charge on any atom is 0.334 e. The molecule has 1 aliphatic heterocycles. The van der Waals surface area contributed by atoms with Crippen LogP contribution in [-0.2, 0) is 22.7 Å². The predicted molar refractivity (Wildman–Crippen MR) is 140 cm³/mol. The van der Waals surface area contributed by atoms with Crippen molar-refractivity contribution in [2.75, 3.05) is 13.7 Å². The van der Waals surface area contributed by atoms with Gasteiger partial charge in [0.05, 0.1) is 19.2 Å². The van der Waals surface area contributed by atoms with Gasteiger partial charge < -0.3 is 14.8 Å². The van der Waals surface area contributed by atoms with Gasteiger partial charge in [0.1, 0.15) is 23.1 Å². The molecule has 0 atom stereocenters. The van der Waals surface area contributed by atoms with Crippen LogP contribution in [0.3, 0.4) is 0 Å². The summed E-state index contributed by atoms with van der Waals surface area (Å²) in [5.41, 5.74) is 1.53. The molecule has 10 heteroatoms. The Kier molecular flexibility index (Phi) is 8.55. The van der Waals surface area contributed by atoms with Crippen LogP contribution in [0.4, 0.5) is 9.18 Å². The van der Waals surface area contributed by atoms with Crippen LogP contribution in [0.5, 0.6) is 17.2 Å². The molecular formula is C29H28FN3O6. The Morgan fingerprint density at radius 3 is 2.13 bits per heavy atom. The number of rotatable bonds is 11. The molecular weight excluding hydrogens is 505 g/mol. The summed E-state index contributed by atoms with van der Waals surface area (Å²) in [4.78, 5) is 52.2. The largest absolute Gasteiger partial charge is 0.496 e. The fraction of sp³-hybridized carbons (Fsp3) is 0.241. The van der Waals surface area contributed by atoms with E-state index in [9.17, 15) is 23.6 Å². The zero-order chi connectivity index (χ0) is 27.9. The molecule has 1 aliphatic rings. The number of amides is 5. The van der Waals surface area contributed by atoms with Crippen molar-refractivity contribution in [2.45, 2.75) is 32.9 Å². The number of carbonyl (C=O) groups excluding carboxylic acids is 4. The third-order valence-corrected chi connectivity index (χ3v) is 6.15. The van der Waals surface area contributed by atoms with Crippen LogP contribution < -0.4 is 14.8 Å². The second kappa shape index (κ2) is 12.2. The van der Waals surface area contributed by atoms with Gasteiger partial charge in [0, 0.05) is 13.1 Å². The number of hydrogen-bond acceptors (Lipinski definition) is 6. The second-order valence-corrected chi connectivity index (χ2v) is 8.90. The van der Waals surface area contributed by atoms with Gasteiger partial charge in [0.15, 0.2) is 0 Å². The predicted octanol–water partition coefficient (Wildman–Crippen LogP) is 4.65. The van der Waals surface area contributed by atoms with E-state index in [4.69, 9.17) is 9.47 Å². The van der Waals surface area contributed by atoms with E-state index in [2.05, 4.69) is 5.32 Å². The summed E-state index contributed by atoms with van der Waals surface area (Å²) in [6.07, 6.45) is 1.38. The number of hydrogen-bond donors (Lipinski definition) is 1. The molecule has 1 heterocycles. The van der Waals surface area contributed by atoms with Crippen molar-refractivity contribution < 1.29 is 33.0 Å². The van der Waals surface area contributed by atoms with E-state index in [1.807, 2.05) is 6.92 Å². The van der Waals surface area contributed by atoms with Gasteiger partial charge in [-0.3, -0.25) is 24.2 Å². The van der Waals surface area contributed by atoms with Crippen molar-refractivity contribution in [1.29, 1.82) is 0 Å². The zero-order valence-electron chi connectivity index (χ0n) is 21.6. The summed E-state index contributed by atoms with van der Waals surface area (Å²) in [5.74, 6) is -1.11. The number of halogens is 1. The monoisotopic (exact) mass is 533 g/mol. The van der Waals surface area contributed by atoms with E-state index in [0.29, 0.717) is 29.2 Å². The minimum absolute atomic E-state index is 0.147. The Bertz CT molecular complexity index is 1370. The summed E-state index contributed by atoms with van der Waals surface area (Å²) in [5, 5.41) is 2.83. The molecule has 0 aliphatic carbocycles. The molecule has 5 amide bonds. The van der Waals surface area contributed by atoms with E-state index in [1.54, 1.807) is 36.4 Å². The van der Waals surface area contributed by atoms with Crippen LogP contribution in [0.2, 0.25) is 0 Å². The summed E-state index contributed by atoms with van der Waals surface area (Å²) in [7, 11) is 1.43. The van der Waals surface area contributed by atoms with Crippen LogP contribution in [0, 0.1) is 5.82 Å². The van der Waals surface area contributed by atoms with E-state index < -0.39 is 23.8 Å². The number of carbonyl (C=O) groups is 4. The van der Waals surface area contributed by atoms with Crippen LogP contribution in [0.15, 0.2) is 66.7 Å². The molecule has 0 saturated carbocycles. The first kappa shape index (κ1) is 27.3. The van der Waals surface area contributed by atoms with Crippen LogP contribution in [0.25, 0.3) is 0 Å². The number of nitrogens with zero attached hydrogens (tertiary/aromatic N) is 2. The lowest BCUT2D eigenvalue weighted by Crippen LogP contribution is -2.33. The Morgan fingerprint density at radius 1 is 0.872 bits per heavy atom. The molecule has 4 rings (SSSR count). The molecule has 0 radical (unpaired) electrons. The molecule has 0 aromatic heterocycles. The van der Waals surface area contributed by atoms with Crippen molar-refractivity contribution >= 4 is 23.8 Å². The lowest BCUT2D eigenvalue weighted by molar-refractivity contribution is -0.143. The molecule has 39 heavy (non-hydrogen) atoms. The maximum absolute atomic E-state index is 13.1. The molecule has 0 bridgehead atoms. The molecule has 1 fully saturated rings. The number of benzene rings is 3. The highest BCUT2D eigenvalue weighted by Gasteiger charge is 2.43. The first-order valence-corrected chi connectivity index (χ1v) is 12.5. The van der Waals surface area contributed by atoms with Gasteiger partial charge in [-0.15, -0.1) is 0 Å². The second-order valence-electron chi connectivity index (χ2n) is 8.90. The highest BCUT2D eigenvalue weighted by molar-refractivity contribution is 6.44. The standard InChI is InChI=1S/C29H28FN3O6/c1-3-4-15-32-27(35)28(36)33(29(32)37)18-20-7-14-25(38-2)24(16-20)26(34)31-17-19-5-10-22(11-6-19)39-23-12-8-21(30)9-13-23/h5-14,16H,3-4,15,17-18H2,1-2H3,(H,31,34). The maximum atomic E-state index is 13.1. The fourth-order valence-electron chi connectivity index (χ4n) is 4.01. The molecule has 0 unspecified atom stereocenters. The Hall–Kier alpha value is -4.73. The van der Waals surface area contributed by atoms with Crippen molar-refractivity contribution in [3.63, 3.8) is 0 Å². The summed E-state index contributed by atoms with van der Waals surface area (Å²) in [6.45, 7) is 2.18. The quantitative estimate of drug-likeness (QED) is 0.284. The van der Waals surface area contributed by atoms with Crippen LogP contribution in [-0.4, -0.2) is 47.2 Å². The molecule has 0 spiro atoms. The normalized spacial score (nSPS) is 13.2. The van der Waals surface area contributed by atoms with Crippen molar-refractivity contribution in [2.24, 2.45) is 0 Å². The van der Waals surface area contributed by atoms with Gasteiger partial charge in [0.2, 0.25) is 0 Å². The van der Waals surface area contributed by atoms with E-state index in [-0.39, 0.29) is 31.0 Å². The number of imide groups is 2. The van der Waals surface area contributed by atoms with Gasteiger partial charge in [-0.25, -0.2) is 9.18 Å². The van der Waals surface area contributed by atoms with Crippen LogP contribution >= 0.6 is 0 Å². The number of nitrogens with one attached hydrogen (secondary N) is 1. The summed E-state index contributed by atoms with van der Waals surface area (Å²) < 4.78 is 24.1. The average molecular weight is 534 g/mol. The van der Waals surface area contributed by atoms with Crippen LogP contribution in [0.1, 0.15) is 41.3 Å².